The van der Waals surface area contributed by atoms with E-state index < -0.39 is 0 Å². The molecular weight excluding hydrogens is 368 g/mol. The molecule has 0 radical (unpaired) electrons. The van der Waals surface area contributed by atoms with Crippen LogP contribution < -0.4 is 4.90 Å². The van der Waals surface area contributed by atoms with Crippen molar-refractivity contribution in [1.29, 1.82) is 0 Å². The van der Waals surface area contributed by atoms with E-state index in [-0.39, 0.29) is 31.0 Å². The highest BCUT2D eigenvalue weighted by Crippen LogP contribution is 2.24. The largest absolute Gasteiger partial charge is 0.375 e. The van der Waals surface area contributed by atoms with Crippen LogP contribution in [0.2, 0.25) is 0 Å². The summed E-state index contributed by atoms with van der Waals surface area (Å²) in [7, 11) is 1.58. The Morgan fingerprint density at radius 1 is 1.19 bits per heavy atom. The van der Waals surface area contributed by atoms with Crippen molar-refractivity contribution in [3.05, 3.63) is 52.7 Å². The third-order valence-corrected chi connectivity index (χ3v) is 5.68. The highest BCUT2D eigenvalue weighted by atomic mass is 35.5. The Balaban J connectivity index is 0.00000243. The molecular formula is C20H27ClN2O2S. The van der Waals surface area contributed by atoms with Crippen molar-refractivity contribution in [2.45, 2.75) is 25.3 Å². The van der Waals surface area contributed by atoms with Crippen LogP contribution in [0.3, 0.4) is 0 Å². The number of hydrogen-bond acceptors (Lipinski definition) is 4. The smallest absolute Gasteiger partial charge is 0.253 e. The SMILES string of the molecule is COCC(=O)N(c1ccccc1)C1CCN(CCc2cccs2)CC1.Cl. The predicted octanol–water partition coefficient (Wildman–Crippen LogP) is 3.86. The lowest BCUT2D eigenvalue weighted by molar-refractivity contribution is -0.122. The van der Waals surface area contributed by atoms with Crippen LogP contribution in [0.4, 0.5) is 5.69 Å². The predicted molar refractivity (Wildman–Crippen MR) is 111 cm³/mol. The number of anilines is 1. The first-order valence-electron chi connectivity index (χ1n) is 8.88. The van der Waals surface area contributed by atoms with Gasteiger partial charge >= 0.3 is 0 Å². The van der Waals surface area contributed by atoms with E-state index in [1.165, 1.54) is 4.88 Å². The minimum Gasteiger partial charge on any atom is -0.375 e. The Hall–Kier alpha value is -1.40. The number of likely N-dealkylation sites (tertiary alicyclic amines) is 1. The maximum Gasteiger partial charge on any atom is 0.253 e. The Morgan fingerprint density at radius 3 is 2.54 bits per heavy atom. The maximum absolute atomic E-state index is 12.6. The van der Waals surface area contributed by atoms with Gasteiger partial charge in [0, 0.05) is 43.4 Å². The highest BCUT2D eigenvalue weighted by molar-refractivity contribution is 7.09. The van der Waals surface area contributed by atoms with Gasteiger partial charge in [-0.2, -0.15) is 0 Å². The van der Waals surface area contributed by atoms with Gasteiger partial charge in [0.25, 0.3) is 5.91 Å². The first-order chi connectivity index (χ1) is 12.3. The lowest BCUT2D eigenvalue weighted by atomic mass is 10.0. The van der Waals surface area contributed by atoms with Crippen molar-refractivity contribution in [3.63, 3.8) is 0 Å². The molecule has 1 aromatic heterocycles. The fraction of sp³-hybridized carbons (Fsp3) is 0.450. The van der Waals surface area contributed by atoms with Gasteiger partial charge in [-0.25, -0.2) is 0 Å². The first kappa shape index (κ1) is 20.9. The summed E-state index contributed by atoms with van der Waals surface area (Å²) in [5.74, 6) is 0.0470. The Morgan fingerprint density at radius 2 is 1.92 bits per heavy atom. The van der Waals surface area contributed by atoms with Gasteiger partial charge in [-0.1, -0.05) is 24.3 Å². The van der Waals surface area contributed by atoms with Crippen molar-refractivity contribution in [2.75, 3.05) is 38.3 Å². The van der Waals surface area contributed by atoms with Crippen LogP contribution in [0.15, 0.2) is 47.8 Å². The second-order valence-electron chi connectivity index (χ2n) is 6.43. The zero-order valence-electron chi connectivity index (χ0n) is 15.2. The third-order valence-electron chi connectivity index (χ3n) is 4.75. The summed E-state index contributed by atoms with van der Waals surface area (Å²) in [6.45, 7) is 3.32. The molecule has 1 fully saturated rings. The van der Waals surface area contributed by atoms with E-state index in [0.717, 1.165) is 44.6 Å². The second kappa shape index (κ2) is 10.7. The Kier molecular flexibility index (Phi) is 8.59. The minimum absolute atomic E-state index is 0. The fourth-order valence-corrected chi connectivity index (χ4v) is 4.16. The van der Waals surface area contributed by atoms with E-state index in [0.29, 0.717) is 0 Å². The van der Waals surface area contributed by atoms with Gasteiger partial charge in [0.15, 0.2) is 0 Å². The number of halogens is 1. The van der Waals surface area contributed by atoms with Gasteiger partial charge in [0.1, 0.15) is 6.61 Å². The summed E-state index contributed by atoms with van der Waals surface area (Å²) in [6, 6.07) is 14.5. The highest BCUT2D eigenvalue weighted by Gasteiger charge is 2.28. The molecule has 6 heteroatoms. The molecule has 2 aromatic rings. The van der Waals surface area contributed by atoms with Crippen molar-refractivity contribution in [1.82, 2.24) is 4.90 Å². The monoisotopic (exact) mass is 394 g/mol. The lowest BCUT2D eigenvalue weighted by Gasteiger charge is -2.38. The minimum atomic E-state index is 0. The number of hydrogen-bond donors (Lipinski definition) is 0. The van der Waals surface area contributed by atoms with Gasteiger partial charge in [-0.3, -0.25) is 4.79 Å². The van der Waals surface area contributed by atoms with E-state index in [1.807, 2.05) is 46.6 Å². The summed E-state index contributed by atoms with van der Waals surface area (Å²) >= 11 is 1.83. The Labute approximate surface area is 166 Å². The molecule has 0 bridgehead atoms. The lowest BCUT2D eigenvalue weighted by Crippen LogP contribution is -2.49. The number of piperidine rings is 1. The number of rotatable bonds is 7. The molecule has 1 aliphatic rings. The number of nitrogens with zero attached hydrogens (tertiary/aromatic N) is 2. The molecule has 2 heterocycles. The van der Waals surface area contributed by atoms with Crippen LogP contribution in [0.25, 0.3) is 0 Å². The summed E-state index contributed by atoms with van der Waals surface area (Å²) in [6.07, 6.45) is 3.14. The molecule has 0 saturated carbocycles. The van der Waals surface area contributed by atoms with Gasteiger partial charge in [0.2, 0.25) is 0 Å². The van der Waals surface area contributed by atoms with Gasteiger partial charge in [-0.15, -0.1) is 23.7 Å². The molecule has 0 aliphatic carbocycles. The molecule has 1 aliphatic heterocycles. The van der Waals surface area contributed by atoms with Crippen LogP contribution in [0, 0.1) is 0 Å². The number of carbonyl (C=O) groups is 1. The molecule has 3 rings (SSSR count). The van der Waals surface area contributed by atoms with Gasteiger partial charge in [-0.05, 0) is 42.8 Å². The molecule has 0 unspecified atom stereocenters. The fourth-order valence-electron chi connectivity index (χ4n) is 3.46. The Bertz CT molecular complexity index is 643. The number of carbonyl (C=O) groups excluding carboxylic acids is 1. The zero-order chi connectivity index (χ0) is 17.5. The van der Waals surface area contributed by atoms with Crippen LogP contribution in [0.5, 0.6) is 0 Å². The van der Waals surface area contributed by atoms with Gasteiger partial charge < -0.3 is 14.5 Å². The second-order valence-corrected chi connectivity index (χ2v) is 7.47. The van der Waals surface area contributed by atoms with E-state index in [1.54, 1.807) is 7.11 Å². The number of benzene rings is 1. The topological polar surface area (TPSA) is 32.8 Å². The van der Waals surface area contributed by atoms with Crippen molar-refractivity contribution >= 4 is 35.3 Å². The molecule has 0 spiro atoms. The molecule has 1 aromatic carbocycles. The molecule has 1 amide bonds. The van der Waals surface area contributed by atoms with Crippen molar-refractivity contribution in [2.24, 2.45) is 0 Å². The summed E-state index contributed by atoms with van der Waals surface area (Å²) in [5, 5.41) is 2.14. The maximum atomic E-state index is 12.6. The summed E-state index contributed by atoms with van der Waals surface area (Å²) < 4.78 is 5.10. The molecule has 0 N–H and O–H groups in total. The average molecular weight is 395 g/mol. The number of para-hydroxylation sites is 1. The number of methoxy groups -OCH3 is 1. The standard InChI is InChI=1S/C20H26N2O2S.ClH/c1-24-16-20(23)22(17-6-3-2-4-7-17)18-9-12-21(13-10-18)14-11-19-8-5-15-25-19;/h2-8,15,18H,9-14,16H2,1H3;1H. The molecule has 26 heavy (non-hydrogen) atoms. The van der Waals surface area contributed by atoms with Gasteiger partial charge in [0.05, 0.1) is 0 Å². The quantitative estimate of drug-likeness (QED) is 0.714. The van der Waals surface area contributed by atoms with E-state index in [4.69, 9.17) is 4.74 Å². The zero-order valence-corrected chi connectivity index (χ0v) is 16.8. The number of thiophene rings is 1. The molecule has 4 nitrogen and oxygen atoms in total. The van der Waals surface area contributed by atoms with E-state index in [9.17, 15) is 4.79 Å². The van der Waals surface area contributed by atoms with E-state index >= 15 is 0 Å². The van der Waals surface area contributed by atoms with Crippen LogP contribution >= 0.6 is 23.7 Å². The number of amides is 1. The summed E-state index contributed by atoms with van der Waals surface area (Å²) in [4.78, 5) is 18.5. The number of ether oxygens (including phenoxy) is 1. The normalized spacial score (nSPS) is 15.4. The van der Waals surface area contributed by atoms with Crippen LogP contribution in [-0.2, 0) is 16.0 Å². The van der Waals surface area contributed by atoms with Crippen LogP contribution in [0.1, 0.15) is 17.7 Å². The summed E-state index contributed by atoms with van der Waals surface area (Å²) in [5.41, 5.74) is 0.974. The molecule has 0 atom stereocenters. The van der Waals surface area contributed by atoms with Crippen molar-refractivity contribution in [3.8, 4) is 0 Å². The average Bonchev–Trinajstić information content (AvgIpc) is 3.16. The third kappa shape index (κ3) is 5.55. The molecule has 1 saturated heterocycles. The first-order valence-corrected chi connectivity index (χ1v) is 9.76. The van der Waals surface area contributed by atoms with Crippen LogP contribution in [-0.4, -0.2) is 50.2 Å². The van der Waals surface area contributed by atoms with E-state index in [2.05, 4.69) is 22.4 Å². The van der Waals surface area contributed by atoms with Crippen molar-refractivity contribution < 1.29 is 9.53 Å². The molecule has 142 valence electrons.